The van der Waals surface area contributed by atoms with Gasteiger partial charge in [0.15, 0.2) is 0 Å². The van der Waals surface area contributed by atoms with Gasteiger partial charge in [0.1, 0.15) is 0 Å². The molecule has 4 rings (SSSR count). The van der Waals surface area contributed by atoms with Crippen LogP contribution in [0.15, 0.2) is 54.6 Å². The van der Waals surface area contributed by atoms with E-state index in [0.29, 0.717) is 39.0 Å². The second-order valence-electron chi connectivity index (χ2n) is 8.54. The Bertz CT molecular complexity index is 934. The molecule has 0 unspecified atom stereocenters. The van der Waals surface area contributed by atoms with Crippen LogP contribution in [0.5, 0.6) is 0 Å². The van der Waals surface area contributed by atoms with Gasteiger partial charge < -0.3 is 15.1 Å². The van der Waals surface area contributed by atoms with E-state index in [0.717, 1.165) is 16.8 Å². The number of carbonyl (C=O) groups excluding carboxylic acids is 3. The number of nitrogens with one attached hydrogen (secondary N) is 1. The number of nitrogens with zero attached hydrogens (tertiary/aromatic N) is 2. The Morgan fingerprint density at radius 2 is 1.65 bits per heavy atom. The summed E-state index contributed by atoms with van der Waals surface area (Å²) in [6, 6.07) is 17.7. The molecule has 2 aliphatic heterocycles. The predicted octanol–water partition coefficient (Wildman–Crippen LogP) is 2.90. The van der Waals surface area contributed by atoms with Crippen LogP contribution in [0, 0.1) is 18.8 Å². The van der Waals surface area contributed by atoms with Crippen molar-refractivity contribution < 1.29 is 14.4 Å². The maximum atomic E-state index is 13.0. The highest BCUT2D eigenvalue weighted by Gasteiger charge is 2.38. The molecule has 3 amide bonds. The summed E-state index contributed by atoms with van der Waals surface area (Å²) in [6.07, 6.45) is 1.58. The van der Waals surface area contributed by atoms with E-state index in [1.807, 2.05) is 66.4 Å². The van der Waals surface area contributed by atoms with Gasteiger partial charge in [-0.05, 0) is 37.5 Å². The van der Waals surface area contributed by atoms with Gasteiger partial charge in [0.25, 0.3) is 0 Å². The van der Waals surface area contributed by atoms with E-state index < -0.39 is 0 Å². The van der Waals surface area contributed by atoms with Crippen LogP contribution in [0.3, 0.4) is 0 Å². The number of likely N-dealkylation sites (tertiary alicyclic amines) is 1. The normalized spacial score (nSPS) is 19.5. The minimum absolute atomic E-state index is 0.00243. The molecule has 2 aliphatic rings. The zero-order valence-electron chi connectivity index (χ0n) is 17.9. The molecule has 6 heteroatoms. The smallest absolute Gasteiger partial charge is 0.228 e. The number of hydrogen-bond acceptors (Lipinski definition) is 3. The van der Waals surface area contributed by atoms with Gasteiger partial charge in [-0.1, -0.05) is 48.0 Å². The zero-order chi connectivity index (χ0) is 21.8. The van der Waals surface area contributed by atoms with Gasteiger partial charge in [-0.25, -0.2) is 0 Å². The molecule has 6 nitrogen and oxygen atoms in total. The van der Waals surface area contributed by atoms with Crippen molar-refractivity contribution in [3.8, 4) is 0 Å². The van der Waals surface area contributed by atoms with E-state index in [1.165, 1.54) is 0 Å². The molecule has 0 radical (unpaired) electrons. The maximum Gasteiger partial charge on any atom is 0.228 e. The second-order valence-corrected chi connectivity index (χ2v) is 8.54. The van der Waals surface area contributed by atoms with Gasteiger partial charge in [-0.3, -0.25) is 14.4 Å². The first-order valence-corrected chi connectivity index (χ1v) is 11.0. The number of benzene rings is 2. The van der Waals surface area contributed by atoms with E-state index in [9.17, 15) is 14.4 Å². The van der Waals surface area contributed by atoms with Crippen LogP contribution in [-0.2, 0) is 20.9 Å². The lowest BCUT2D eigenvalue weighted by molar-refractivity contribution is -0.139. The van der Waals surface area contributed by atoms with Crippen molar-refractivity contribution in [1.82, 2.24) is 10.2 Å². The first-order chi connectivity index (χ1) is 15.0. The third-order valence-corrected chi connectivity index (χ3v) is 6.31. The van der Waals surface area contributed by atoms with Crippen molar-refractivity contribution in [3.05, 3.63) is 65.7 Å². The largest absolute Gasteiger partial charge is 0.352 e. The van der Waals surface area contributed by atoms with Gasteiger partial charge >= 0.3 is 0 Å². The van der Waals surface area contributed by atoms with Crippen LogP contribution in [0.4, 0.5) is 5.69 Å². The van der Waals surface area contributed by atoms with Gasteiger partial charge in [0, 0.05) is 44.2 Å². The molecule has 2 aromatic rings. The topological polar surface area (TPSA) is 69.7 Å². The highest BCUT2D eigenvalue weighted by atomic mass is 16.2. The van der Waals surface area contributed by atoms with Gasteiger partial charge in [-0.2, -0.15) is 0 Å². The molecular formula is C25H29N3O3. The summed E-state index contributed by atoms with van der Waals surface area (Å²) < 4.78 is 0. The van der Waals surface area contributed by atoms with Crippen molar-refractivity contribution in [3.63, 3.8) is 0 Å². The Labute approximate surface area is 183 Å². The zero-order valence-corrected chi connectivity index (χ0v) is 17.9. The van der Waals surface area contributed by atoms with E-state index in [1.54, 1.807) is 4.90 Å². The fourth-order valence-electron chi connectivity index (χ4n) is 4.40. The number of anilines is 1. The molecule has 0 bridgehead atoms. The van der Waals surface area contributed by atoms with Crippen molar-refractivity contribution in [2.24, 2.45) is 11.8 Å². The second kappa shape index (κ2) is 9.33. The number of amides is 3. The highest BCUT2D eigenvalue weighted by molar-refractivity contribution is 6.00. The third-order valence-electron chi connectivity index (χ3n) is 6.31. The average Bonchev–Trinajstić information content (AvgIpc) is 3.20. The number of hydrogen-bond donors (Lipinski definition) is 1. The number of piperidine rings is 1. The van der Waals surface area contributed by atoms with Crippen molar-refractivity contribution in [2.45, 2.75) is 32.7 Å². The van der Waals surface area contributed by atoms with Crippen molar-refractivity contribution in [1.29, 1.82) is 0 Å². The minimum Gasteiger partial charge on any atom is -0.352 e. The van der Waals surface area contributed by atoms with Gasteiger partial charge in [0.2, 0.25) is 17.7 Å². The molecule has 0 spiro atoms. The summed E-state index contributed by atoms with van der Waals surface area (Å²) in [5.74, 6) is -0.291. The SMILES string of the molecule is Cc1ccc(N2C[C@H](C(=O)N3CCC(C(=O)NCc4ccccc4)CC3)CC2=O)cc1. The summed E-state index contributed by atoms with van der Waals surface area (Å²) in [5.41, 5.74) is 3.06. The van der Waals surface area contributed by atoms with Crippen LogP contribution in [-0.4, -0.2) is 42.3 Å². The molecule has 2 aromatic carbocycles. The lowest BCUT2D eigenvalue weighted by atomic mass is 9.94. The van der Waals surface area contributed by atoms with E-state index in [4.69, 9.17) is 0 Å². The van der Waals surface area contributed by atoms with Crippen molar-refractivity contribution in [2.75, 3.05) is 24.5 Å². The highest BCUT2D eigenvalue weighted by Crippen LogP contribution is 2.28. The van der Waals surface area contributed by atoms with E-state index in [-0.39, 0.29) is 36.0 Å². The minimum atomic E-state index is -0.308. The summed E-state index contributed by atoms with van der Waals surface area (Å²) in [7, 11) is 0. The molecule has 2 saturated heterocycles. The molecule has 0 saturated carbocycles. The first kappa shape index (κ1) is 21.1. The summed E-state index contributed by atoms with van der Waals surface area (Å²) >= 11 is 0. The summed E-state index contributed by atoms with van der Waals surface area (Å²) in [5, 5.41) is 3.01. The quantitative estimate of drug-likeness (QED) is 0.810. The molecule has 1 N–H and O–H groups in total. The lowest BCUT2D eigenvalue weighted by Gasteiger charge is -2.33. The predicted molar refractivity (Wildman–Crippen MR) is 119 cm³/mol. The molecule has 31 heavy (non-hydrogen) atoms. The first-order valence-electron chi connectivity index (χ1n) is 11.0. The standard InChI is InChI=1S/C25H29N3O3/c1-18-7-9-22(10-8-18)28-17-21(15-23(28)29)25(31)27-13-11-20(12-14-27)24(30)26-16-19-5-3-2-4-6-19/h2-10,20-21H,11-17H2,1H3,(H,26,30)/t21-/m1/s1. The molecule has 162 valence electrons. The molecule has 1 atom stereocenters. The van der Waals surface area contributed by atoms with Gasteiger partial charge in [0.05, 0.1) is 5.92 Å². The monoisotopic (exact) mass is 419 g/mol. The third kappa shape index (κ3) is 4.95. The fraction of sp³-hybridized carbons (Fsp3) is 0.400. The Morgan fingerprint density at radius 1 is 0.968 bits per heavy atom. The Kier molecular flexibility index (Phi) is 6.35. The van der Waals surface area contributed by atoms with Crippen LogP contribution >= 0.6 is 0 Å². The molecule has 2 fully saturated rings. The van der Waals surface area contributed by atoms with Crippen LogP contribution in [0.2, 0.25) is 0 Å². The molecular weight excluding hydrogens is 390 g/mol. The molecule has 0 aromatic heterocycles. The Balaban J connectivity index is 1.27. The lowest BCUT2D eigenvalue weighted by Crippen LogP contribution is -2.45. The fourth-order valence-corrected chi connectivity index (χ4v) is 4.40. The van der Waals surface area contributed by atoms with Gasteiger partial charge in [-0.15, -0.1) is 0 Å². The molecule has 2 heterocycles. The number of carbonyl (C=O) groups is 3. The van der Waals surface area contributed by atoms with E-state index in [2.05, 4.69) is 5.32 Å². The number of aryl methyl sites for hydroxylation is 1. The maximum absolute atomic E-state index is 13.0. The van der Waals surface area contributed by atoms with Crippen LogP contribution in [0.25, 0.3) is 0 Å². The molecule has 0 aliphatic carbocycles. The van der Waals surface area contributed by atoms with Crippen molar-refractivity contribution >= 4 is 23.4 Å². The van der Waals surface area contributed by atoms with Crippen LogP contribution in [0.1, 0.15) is 30.4 Å². The average molecular weight is 420 g/mol. The Morgan fingerprint density at radius 3 is 2.32 bits per heavy atom. The summed E-state index contributed by atoms with van der Waals surface area (Å²) in [4.78, 5) is 41.6. The van der Waals surface area contributed by atoms with E-state index >= 15 is 0 Å². The Hall–Kier alpha value is -3.15. The summed E-state index contributed by atoms with van der Waals surface area (Å²) in [6.45, 7) is 4.10. The number of rotatable bonds is 5. The van der Waals surface area contributed by atoms with Crippen LogP contribution < -0.4 is 10.2 Å².